The van der Waals surface area contributed by atoms with Gasteiger partial charge in [0.2, 0.25) is 5.84 Å². The third-order valence-electron chi connectivity index (χ3n) is 2.51. The molecule has 0 bridgehead atoms. The third-order valence-corrected chi connectivity index (χ3v) is 2.51. The Hall–Kier alpha value is -0.630. The van der Waals surface area contributed by atoms with Gasteiger partial charge in [0.05, 0.1) is 20.6 Å². The number of rotatable bonds is 6. The maximum atomic E-state index is 4.69. The lowest BCUT2D eigenvalue weighted by Gasteiger charge is -2.30. The Kier molecular flexibility index (Phi) is 6.50. The van der Waals surface area contributed by atoms with E-state index in [0.717, 1.165) is 29.0 Å². The van der Waals surface area contributed by atoms with Crippen LogP contribution in [0, 0.1) is 0 Å². The first-order chi connectivity index (χ1) is 6.95. The van der Waals surface area contributed by atoms with Gasteiger partial charge in [-0.15, -0.1) is 0 Å². The quantitative estimate of drug-likeness (QED) is 0.277. The molecule has 0 radical (unpaired) electrons. The Morgan fingerprint density at radius 1 is 1.20 bits per heavy atom. The normalized spacial score (nSPS) is 13.0. The van der Waals surface area contributed by atoms with Crippen LogP contribution in [0.4, 0.5) is 0 Å². The highest BCUT2D eigenvalue weighted by Crippen LogP contribution is 2.09. The topological polar surface area (TPSA) is 12.4 Å². The van der Waals surface area contributed by atoms with Crippen LogP contribution < -0.4 is 0 Å². The fourth-order valence-electron chi connectivity index (χ4n) is 1.85. The molecule has 0 fully saturated rings. The largest absolute Gasteiger partial charge is 0.280 e. The first kappa shape index (κ1) is 14.4. The average Bonchev–Trinajstić information content (AvgIpc) is 2.11. The molecular weight excluding hydrogens is 184 g/mol. The van der Waals surface area contributed by atoms with E-state index in [4.69, 9.17) is 4.99 Å². The maximum Gasteiger partial charge on any atom is 0.224 e. The van der Waals surface area contributed by atoms with Gasteiger partial charge in [-0.3, -0.25) is 4.48 Å². The molecule has 0 heterocycles. The lowest BCUT2D eigenvalue weighted by molar-refractivity contribution is -0.799. The Balaban J connectivity index is 4.64. The second-order valence-corrected chi connectivity index (χ2v) is 4.75. The van der Waals surface area contributed by atoms with E-state index in [1.54, 1.807) is 0 Å². The van der Waals surface area contributed by atoms with E-state index in [2.05, 4.69) is 41.4 Å². The predicted octanol–water partition coefficient (Wildman–Crippen LogP) is 3.25. The molecule has 0 aromatic carbocycles. The number of likely N-dealkylation sites (N-methyl/N-ethyl adjacent to an activating group) is 1. The van der Waals surface area contributed by atoms with E-state index >= 15 is 0 Å². The molecule has 88 valence electrons. The summed E-state index contributed by atoms with van der Waals surface area (Å²) in [5, 5.41) is 0. The molecule has 0 saturated carbocycles. The molecule has 0 N–H and O–H groups in total. The SMILES string of the molecule is C=C(C)C(=NCCCC)[N+](C)(C)CCC. The minimum absolute atomic E-state index is 0.857. The Morgan fingerprint density at radius 2 is 1.80 bits per heavy atom. The van der Waals surface area contributed by atoms with Crippen LogP contribution in [-0.4, -0.2) is 37.5 Å². The van der Waals surface area contributed by atoms with Crippen LogP contribution in [0.25, 0.3) is 0 Å². The molecule has 0 atom stereocenters. The minimum Gasteiger partial charge on any atom is -0.280 e. The molecule has 0 aromatic heterocycles. The van der Waals surface area contributed by atoms with Gasteiger partial charge >= 0.3 is 0 Å². The third kappa shape index (κ3) is 5.12. The van der Waals surface area contributed by atoms with Crippen LogP contribution in [0.5, 0.6) is 0 Å². The van der Waals surface area contributed by atoms with Gasteiger partial charge in [-0.1, -0.05) is 26.8 Å². The van der Waals surface area contributed by atoms with Crippen LogP contribution >= 0.6 is 0 Å². The molecule has 0 aliphatic heterocycles. The summed E-state index contributed by atoms with van der Waals surface area (Å²) < 4.78 is 0.857. The number of nitrogens with zero attached hydrogens (tertiary/aromatic N) is 2. The van der Waals surface area contributed by atoms with Crippen molar-refractivity contribution in [2.24, 2.45) is 4.99 Å². The van der Waals surface area contributed by atoms with Gasteiger partial charge in [0.15, 0.2) is 0 Å². The van der Waals surface area contributed by atoms with Gasteiger partial charge in [0.1, 0.15) is 0 Å². The minimum atomic E-state index is 0.857. The molecule has 0 aliphatic rings. The number of aliphatic imine (C=N–C) groups is 1. The van der Waals surface area contributed by atoms with E-state index in [-0.39, 0.29) is 0 Å². The van der Waals surface area contributed by atoms with E-state index < -0.39 is 0 Å². The second kappa shape index (κ2) is 6.78. The number of quaternary nitrogens is 1. The highest BCUT2D eigenvalue weighted by molar-refractivity contribution is 5.91. The Morgan fingerprint density at radius 3 is 2.20 bits per heavy atom. The van der Waals surface area contributed by atoms with Crippen LogP contribution in [0.2, 0.25) is 0 Å². The zero-order valence-corrected chi connectivity index (χ0v) is 11.1. The standard InChI is InChI=1S/C13H27N2/c1-7-9-10-14-13(12(3)4)15(5,6)11-8-2/h3,7-11H2,1-2,4-6H3/q+1. The fraction of sp³-hybridized carbons (Fsp3) is 0.769. The van der Waals surface area contributed by atoms with Gasteiger partial charge < -0.3 is 0 Å². The molecule has 0 unspecified atom stereocenters. The van der Waals surface area contributed by atoms with Crippen LogP contribution in [0.1, 0.15) is 40.0 Å². The highest BCUT2D eigenvalue weighted by Gasteiger charge is 2.23. The predicted molar refractivity (Wildman–Crippen MR) is 69.3 cm³/mol. The molecule has 2 heteroatoms. The van der Waals surface area contributed by atoms with Crippen LogP contribution in [-0.2, 0) is 0 Å². The van der Waals surface area contributed by atoms with Crippen molar-refractivity contribution < 1.29 is 4.48 Å². The zero-order valence-electron chi connectivity index (χ0n) is 11.1. The summed E-state index contributed by atoms with van der Waals surface area (Å²) in [4.78, 5) is 4.69. The fourth-order valence-corrected chi connectivity index (χ4v) is 1.85. The van der Waals surface area contributed by atoms with E-state index in [1.807, 2.05) is 0 Å². The summed E-state index contributed by atoms with van der Waals surface area (Å²) in [7, 11) is 4.42. The molecular formula is C13H27N2+. The van der Waals surface area contributed by atoms with Crippen molar-refractivity contribution in [3.05, 3.63) is 12.2 Å². The summed E-state index contributed by atoms with van der Waals surface area (Å²) in [6.45, 7) is 12.6. The molecule has 0 rings (SSSR count). The van der Waals surface area contributed by atoms with Crippen molar-refractivity contribution >= 4 is 5.84 Å². The number of unbranched alkanes of at least 4 members (excludes halogenated alkanes) is 1. The van der Waals surface area contributed by atoms with Crippen molar-refractivity contribution in [1.82, 2.24) is 0 Å². The van der Waals surface area contributed by atoms with E-state index in [9.17, 15) is 0 Å². The summed E-state index contributed by atoms with van der Waals surface area (Å²) >= 11 is 0. The van der Waals surface area contributed by atoms with E-state index in [1.165, 1.54) is 19.3 Å². The highest BCUT2D eigenvalue weighted by atomic mass is 15.3. The van der Waals surface area contributed by atoms with Crippen molar-refractivity contribution in [1.29, 1.82) is 0 Å². The van der Waals surface area contributed by atoms with Crippen molar-refractivity contribution in [3.8, 4) is 0 Å². The van der Waals surface area contributed by atoms with Gasteiger partial charge in [-0.25, -0.2) is 4.99 Å². The molecule has 0 aromatic rings. The Bertz CT molecular complexity index is 227. The number of amidine groups is 1. The van der Waals surface area contributed by atoms with Gasteiger partial charge in [0.25, 0.3) is 0 Å². The van der Waals surface area contributed by atoms with Crippen molar-refractivity contribution in [2.75, 3.05) is 27.2 Å². The van der Waals surface area contributed by atoms with Crippen LogP contribution in [0.3, 0.4) is 0 Å². The first-order valence-corrected chi connectivity index (χ1v) is 5.99. The first-order valence-electron chi connectivity index (χ1n) is 5.99. The molecule has 0 spiro atoms. The van der Waals surface area contributed by atoms with Gasteiger partial charge in [0, 0.05) is 12.1 Å². The lowest BCUT2D eigenvalue weighted by atomic mass is 10.2. The molecule has 0 saturated heterocycles. The van der Waals surface area contributed by atoms with Crippen molar-refractivity contribution in [2.45, 2.75) is 40.0 Å². The number of hydrogen-bond donors (Lipinski definition) is 0. The maximum absolute atomic E-state index is 4.69. The molecule has 15 heavy (non-hydrogen) atoms. The van der Waals surface area contributed by atoms with Crippen molar-refractivity contribution in [3.63, 3.8) is 0 Å². The average molecular weight is 211 g/mol. The second-order valence-electron chi connectivity index (χ2n) is 4.75. The zero-order chi connectivity index (χ0) is 11.9. The summed E-state index contributed by atoms with van der Waals surface area (Å²) in [6.07, 6.45) is 3.55. The Labute approximate surface area is 95.3 Å². The van der Waals surface area contributed by atoms with Crippen LogP contribution in [0.15, 0.2) is 17.1 Å². The molecule has 0 amide bonds. The van der Waals surface area contributed by atoms with Gasteiger partial charge in [-0.2, -0.15) is 0 Å². The van der Waals surface area contributed by atoms with E-state index in [0.29, 0.717) is 0 Å². The number of hydrogen-bond acceptors (Lipinski definition) is 1. The lowest BCUT2D eigenvalue weighted by Crippen LogP contribution is -2.46. The summed E-state index contributed by atoms with van der Waals surface area (Å²) in [6, 6.07) is 0. The summed E-state index contributed by atoms with van der Waals surface area (Å²) in [5.41, 5.74) is 1.10. The molecule has 0 aliphatic carbocycles. The van der Waals surface area contributed by atoms with Gasteiger partial charge in [-0.05, 0) is 19.8 Å². The summed E-state index contributed by atoms with van der Waals surface area (Å²) in [5.74, 6) is 1.16. The monoisotopic (exact) mass is 211 g/mol. The smallest absolute Gasteiger partial charge is 0.224 e. The molecule has 2 nitrogen and oxygen atoms in total.